The van der Waals surface area contributed by atoms with Crippen LogP contribution in [-0.4, -0.2) is 42.0 Å². The second-order valence-corrected chi connectivity index (χ2v) is 9.87. The van der Waals surface area contributed by atoms with Crippen molar-refractivity contribution in [1.82, 2.24) is 30.2 Å². The van der Waals surface area contributed by atoms with Crippen LogP contribution in [0.3, 0.4) is 0 Å². The number of carbonyl (C=O) groups excluding carboxylic acids is 2. The van der Waals surface area contributed by atoms with Crippen molar-refractivity contribution < 1.29 is 9.59 Å². The van der Waals surface area contributed by atoms with Crippen LogP contribution >= 0.6 is 23.2 Å². The Hall–Kier alpha value is -4.28. The highest BCUT2D eigenvalue weighted by atomic mass is 35.5. The molecule has 1 atom stereocenters. The predicted octanol–water partition coefficient (Wildman–Crippen LogP) is 5.48. The lowest BCUT2D eigenvalue weighted by Crippen LogP contribution is -2.16. The summed E-state index contributed by atoms with van der Waals surface area (Å²) in [7, 11) is 0. The van der Waals surface area contributed by atoms with Crippen molar-refractivity contribution in [1.29, 1.82) is 0 Å². The summed E-state index contributed by atoms with van der Waals surface area (Å²) in [6.45, 7) is 1.99. The Labute approximate surface area is 234 Å². The van der Waals surface area contributed by atoms with E-state index in [1.165, 1.54) is 17.1 Å². The third kappa shape index (κ3) is 6.24. The summed E-state index contributed by atoms with van der Waals surface area (Å²) in [6, 6.07) is 10.4. The molecule has 0 spiro atoms. The molecule has 5 rings (SSSR count). The predicted molar refractivity (Wildman–Crippen MR) is 151 cm³/mol. The topological polar surface area (TPSA) is 130 Å². The van der Waals surface area contributed by atoms with Crippen molar-refractivity contribution in [3.8, 4) is 16.9 Å². The molecule has 1 aliphatic heterocycles. The average Bonchev–Trinajstić information content (AvgIpc) is 3.55. The number of halogens is 2. The number of allylic oxidation sites excluding steroid dienone is 2. The number of H-pyrrole nitrogens is 1. The number of amides is 2. The summed E-state index contributed by atoms with van der Waals surface area (Å²) in [5.41, 5.74) is 3.17. The summed E-state index contributed by atoms with van der Waals surface area (Å²) >= 11 is 12.8. The van der Waals surface area contributed by atoms with Gasteiger partial charge in [-0.3, -0.25) is 9.59 Å². The summed E-state index contributed by atoms with van der Waals surface area (Å²) < 4.78 is 1.47. The number of rotatable bonds is 4. The lowest BCUT2D eigenvalue weighted by Gasteiger charge is -2.16. The number of fused-ring (bicyclic) bond motifs is 4. The zero-order valence-corrected chi connectivity index (χ0v) is 22.4. The smallest absolute Gasteiger partial charge is 0.248 e. The van der Waals surface area contributed by atoms with Crippen LogP contribution in [0.1, 0.15) is 31.2 Å². The number of nitrogens with one attached hydrogen (secondary N) is 3. The van der Waals surface area contributed by atoms with Gasteiger partial charge in [0.2, 0.25) is 11.8 Å². The van der Waals surface area contributed by atoms with E-state index in [1.807, 2.05) is 19.1 Å². The number of aromatic nitrogens is 6. The Morgan fingerprint density at radius 3 is 2.92 bits per heavy atom. The maximum atomic E-state index is 13.1. The van der Waals surface area contributed by atoms with Crippen LogP contribution in [-0.2, 0) is 16.0 Å². The number of tetrazole rings is 1. The highest BCUT2D eigenvalue weighted by molar-refractivity contribution is 6.32. The average molecular weight is 563 g/mol. The molecule has 0 unspecified atom stereocenters. The van der Waals surface area contributed by atoms with E-state index in [4.69, 9.17) is 28.2 Å². The van der Waals surface area contributed by atoms with Crippen molar-refractivity contribution >= 4 is 52.5 Å². The number of hydrogen-bond donors (Lipinski definition) is 3. The molecule has 0 saturated heterocycles. The Balaban J connectivity index is 1.48. The monoisotopic (exact) mass is 562 g/mol. The number of anilines is 2. The van der Waals surface area contributed by atoms with Gasteiger partial charge >= 0.3 is 0 Å². The lowest BCUT2D eigenvalue weighted by molar-refractivity contribution is -0.116. The van der Waals surface area contributed by atoms with Crippen molar-refractivity contribution in [2.75, 3.05) is 10.6 Å². The van der Waals surface area contributed by atoms with E-state index >= 15 is 0 Å². The minimum atomic E-state index is -0.412. The van der Waals surface area contributed by atoms with Gasteiger partial charge in [-0.1, -0.05) is 48.3 Å². The number of carbonyl (C=O) groups is 2. The van der Waals surface area contributed by atoms with Crippen molar-refractivity contribution in [3.63, 3.8) is 0 Å². The molecule has 4 aromatic rings. The molecule has 0 saturated carbocycles. The molecule has 2 aromatic heterocycles. The molecule has 2 bridgehead atoms. The first-order valence-corrected chi connectivity index (χ1v) is 13.0. The molecular formula is C27H24Cl2N8O2. The van der Waals surface area contributed by atoms with E-state index in [1.54, 1.807) is 42.5 Å². The Kier molecular flexibility index (Phi) is 7.85. The first-order valence-electron chi connectivity index (χ1n) is 12.2. The van der Waals surface area contributed by atoms with Gasteiger partial charge in [0.05, 0.1) is 22.6 Å². The number of aromatic amines is 1. The summed E-state index contributed by atoms with van der Waals surface area (Å²) in [5.74, 6) is 0.215. The number of imidazole rings is 1. The molecule has 3 N–H and O–H groups in total. The highest BCUT2D eigenvalue weighted by Crippen LogP contribution is 2.38. The highest BCUT2D eigenvalue weighted by Gasteiger charge is 2.21. The van der Waals surface area contributed by atoms with Gasteiger partial charge in [-0.05, 0) is 59.2 Å². The van der Waals surface area contributed by atoms with Crippen LogP contribution in [0.25, 0.3) is 23.0 Å². The molecule has 0 aliphatic carbocycles. The van der Waals surface area contributed by atoms with Crippen LogP contribution in [0.2, 0.25) is 10.2 Å². The molecule has 39 heavy (non-hydrogen) atoms. The molecule has 1 aliphatic rings. The first-order chi connectivity index (χ1) is 18.9. The third-order valence-electron chi connectivity index (χ3n) is 6.06. The molecule has 2 aromatic carbocycles. The SMILES string of the molecule is C[C@@H]1C=CCCc2nc(c(Cl)[nH]2)-c2c(NC(=O)C=Cc3cc(Cl)ccc3-n3cnnn3)cccc2NC(=O)C1. The van der Waals surface area contributed by atoms with Crippen molar-refractivity contribution in [2.24, 2.45) is 5.92 Å². The molecule has 3 heterocycles. The van der Waals surface area contributed by atoms with Crippen LogP contribution in [0, 0.1) is 5.92 Å². The molecule has 2 amide bonds. The maximum absolute atomic E-state index is 13.1. The normalized spacial score (nSPS) is 15.7. The summed E-state index contributed by atoms with van der Waals surface area (Å²) in [6.07, 6.45) is 10.2. The van der Waals surface area contributed by atoms with Gasteiger partial charge in [0.15, 0.2) is 0 Å². The minimum Gasteiger partial charge on any atom is -0.333 e. The Bertz CT molecular complexity index is 1580. The summed E-state index contributed by atoms with van der Waals surface area (Å²) in [5, 5.41) is 17.9. The quantitative estimate of drug-likeness (QED) is 0.223. The third-order valence-corrected chi connectivity index (χ3v) is 6.57. The molecular weight excluding hydrogens is 539 g/mol. The van der Waals surface area contributed by atoms with Crippen LogP contribution in [0.4, 0.5) is 11.4 Å². The largest absolute Gasteiger partial charge is 0.333 e. The Morgan fingerprint density at radius 1 is 1.23 bits per heavy atom. The number of hydrogen-bond acceptors (Lipinski definition) is 6. The first kappa shape index (κ1) is 26.3. The van der Waals surface area contributed by atoms with Gasteiger partial charge in [-0.15, -0.1) is 5.10 Å². The van der Waals surface area contributed by atoms with E-state index in [0.717, 1.165) is 6.42 Å². The van der Waals surface area contributed by atoms with E-state index in [9.17, 15) is 9.59 Å². The number of nitrogens with zero attached hydrogens (tertiary/aromatic N) is 5. The zero-order chi connectivity index (χ0) is 27.4. The van der Waals surface area contributed by atoms with E-state index in [2.05, 4.69) is 31.1 Å². The molecule has 0 fully saturated rings. The maximum Gasteiger partial charge on any atom is 0.248 e. The van der Waals surface area contributed by atoms with E-state index in [0.29, 0.717) is 62.7 Å². The summed E-state index contributed by atoms with van der Waals surface area (Å²) in [4.78, 5) is 33.7. The zero-order valence-electron chi connectivity index (χ0n) is 20.9. The van der Waals surface area contributed by atoms with E-state index in [-0.39, 0.29) is 11.8 Å². The lowest BCUT2D eigenvalue weighted by atomic mass is 10.0. The standard InChI is InChI=1S/C27H24Cl2N8O2/c1-16-5-2-3-8-22-33-26(27(29)34-22)25-19(6-4-7-20(25)32-24(39)13-16)31-23(38)12-9-17-14-18(28)10-11-21(17)37-15-30-35-36-37/h2,4-7,9-12,14-16H,3,8,13H2,1H3,(H,31,38)(H,32,39)(H,33,34)/t16-/m1/s1. The molecule has 12 heteroatoms. The van der Waals surface area contributed by atoms with E-state index < -0.39 is 5.91 Å². The second kappa shape index (κ2) is 11.6. The second-order valence-electron chi connectivity index (χ2n) is 9.05. The van der Waals surface area contributed by atoms with Gasteiger partial charge in [-0.25, -0.2) is 4.98 Å². The fourth-order valence-corrected chi connectivity index (χ4v) is 4.71. The van der Waals surface area contributed by atoms with Crippen LogP contribution in [0.5, 0.6) is 0 Å². The van der Waals surface area contributed by atoms with Crippen LogP contribution in [0.15, 0.2) is 61.0 Å². The Morgan fingerprint density at radius 2 is 2.10 bits per heavy atom. The van der Waals surface area contributed by atoms with Crippen molar-refractivity contribution in [2.45, 2.75) is 26.2 Å². The van der Waals surface area contributed by atoms with Gasteiger partial charge in [0, 0.05) is 29.5 Å². The number of benzene rings is 2. The fourth-order valence-electron chi connectivity index (χ4n) is 4.29. The van der Waals surface area contributed by atoms with Gasteiger partial charge in [0.1, 0.15) is 23.0 Å². The minimum absolute atomic E-state index is 0.0711. The van der Waals surface area contributed by atoms with Crippen LogP contribution < -0.4 is 10.6 Å². The molecule has 0 radical (unpaired) electrons. The van der Waals surface area contributed by atoms with Crippen molar-refractivity contribution in [3.05, 3.63) is 82.5 Å². The molecule has 10 nitrogen and oxygen atoms in total. The molecule has 198 valence electrons. The van der Waals surface area contributed by atoms with Gasteiger partial charge in [0.25, 0.3) is 0 Å². The van der Waals surface area contributed by atoms with Gasteiger partial charge < -0.3 is 15.6 Å². The fraction of sp³-hybridized carbons (Fsp3) is 0.185. The number of aryl methyl sites for hydroxylation is 1. The van der Waals surface area contributed by atoms with Gasteiger partial charge in [-0.2, -0.15) is 4.68 Å².